The zero-order valence-electron chi connectivity index (χ0n) is 18.8. The van der Waals surface area contributed by atoms with E-state index in [2.05, 4.69) is 10.6 Å². The van der Waals surface area contributed by atoms with Crippen molar-refractivity contribution in [1.29, 1.82) is 5.26 Å². The van der Waals surface area contributed by atoms with Crippen molar-refractivity contribution >= 4 is 22.9 Å². The lowest BCUT2D eigenvalue weighted by Gasteiger charge is -2.09. The summed E-state index contributed by atoms with van der Waals surface area (Å²) in [6.45, 7) is 3.26. The van der Waals surface area contributed by atoms with Gasteiger partial charge in [-0.15, -0.1) is 0 Å². The van der Waals surface area contributed by atoms with Crippen molar-refractivity contribution < 1.29 is 19.4 Å². The highest BCUT2D eigenvalue weighted by Gasteiger charge is 2.11. The summed E-state index contributed by atoms with van der Waals surface area (Å²) in [4.78, 5) is 11.6. The van der Waals surface area contributed by atoms with Gasteiger partial charge in [-0.3, -0.25) is 0 Å². The van der Waals surface area contributed by atoms with E-state index >= 15 is 0 Å². The maximum Gasteiger partial charge on any atom is 0.371 e. The van der Waals surface area contributed by atoms with Crippen LogP contribution in [0.25, 0.3) is 17.0 Å². The molecule has 1 heterocycles. The van der Waals surface area contributed by atoms with E-state index in [0.29, 0.717) is 29.2 Å². The number of carboxylic acids is 1. The largest absolute Gasteiger partial charge is 0.494 e. The van der Waals surface area contributed by atoms with Gasteiger partial charge >= 0.3 is 5.97 Å². The van der Waals surface area contributed by atoms with Crippen molar-refractivity contribution in [2.75, 3.05) is 6.61 Å². The number of rotatable bonds is 9. The van der Waals surface area contributed by atoms with Crippen LogP contribution in [0.2, 0.25) is 0 Å². The zero-order chi connectivity index (χ0) is 23.9. The van der Waals surface area contributed by atoms with E-state index in [4.69, 9.17) is 14.7 Å². The predicted octanol–water partition coefficient (Wildman–Crippen LogP) is 5.80. The monoisotopic (exact) mass is 452 g/mol. The number of nitriles is 1. The number of carbonyl (C=O) groups is 1. The quantitative estimate of drug-likeness (QED) is 0.197. The molecule has 0 aliphatic carbocycles. The van der Waals surface area contributed by atoms with E-state index in [1.807, 2.05) is 61.7 Å². The third kappa shape index (κ3) is 5.64. The van der Waals surface area contributed by atoms with Gasteiger partial charge in [0.2, 0.25) is 5.76 Å². The minimum Gasteiger partial charge on any atom is -0.494 e. The zero-order valence-corrected chi connectivity index (χ0v) is 18.8. The van der Waals surface area contributed by atoms with Crippen LogP contribution in [-0.4, -0.2) is 22.2 Å². The summed E-state index contributed by atoms with van der Waals surface area (Å²) < 4.78 is 13.6. The average Bonchev–Trinajstić information content (AvgIpc) is 3.24. The number of aryl methyl sites for hydroxylation is 2. The third-order valence-corrected chi connectivity index (χ3v) is 5.32. The van der Waals surface area contributed by atoms with Gasteiger partial charge < -0.3 is 19.1 Å². The number of benzene rings is 3. The van der Waals surface area contributed by atoms with Crippen LogP contribution in [0.3, 0.4) is 0 Å². The number of aromatic nitrogens is 1. The first kappa shape index (κ1) is 22.7. The molecule has 6 nitrogen and oxygen atoms in total. The Hall–Kier alpha value is -4.50. The Kier molecular flexibility index (Phi) is 6.95. The molecule has 1 aromatic heterocycles. The van der Waals surface area contributed by atoms with Gasteiger partial charge in [-0.2, -0.15) is 5.26 Å². The summed E-state index contributed by atoms with van der Waals surface area (Å²) in [5, 5.41) is 19.6. The van der Waals surface area contributed by atoms with Gasteiger partial charge in [-0.05, 0) is 79.1 Å². The van der Waals surface area contributed by atoms with Crippen LogP contribution in [0.1, 0.15) is 23.1 Å². The second-order valence-electron chi connectivity index (χ2n) is 7.90. The van der Waals surface area contributed by atoms with Gasteiger partial charge in [-0.1, -0.05) is 24.3 Å². The van der Waals surface area contributed by atoms with E-state index in [1.165, 1.54) is 6.08 Å². The molecule has 0 spiro atoms. The smallest absolute Gasteiger partial charge is 0.371 e. The van der Waals surface area contributed by atoms with Gasteiger partial charge in [0, 0.05) is 23.6 Å². The molecule has 0 saturated heterocycles. The molecule has 0 saturated carbocycles. The summed E-state index contributed by atoms with van der Waals surface area (Å²) in [6, 6.07) is 24.3. The molecule has 0 atom stereocenters. The van der Waals surface area contributed by atoms with Crippen molar-refractivity contribution in [2.24, 2.45) is 0 Å². The fraction of sp³-hybridized carbons (Fsp3) is 0.143. The molecular weight excluding hydrogens is 428 g/mol. The van der Waals surface area contributed by atoms with Crippen LogP contribution in [0.5, 0.6) is 11.5 Å². The summed E-state index contributed by atoms with van der Waals surface area (Å²) in [6.07, 6.45) is 4.33. The second kappa shape index (κ2) is 10.4. The molecule has 0 unspecified atom stereocenters. The Morgan fingerprint density at radius 2 is 1.88 bits per heavy atom. The van der Waals surface area contributed by atoms with Crippen LogP contribution in [0.15, 0.2) is 84.8 Å². The molecule has 6 heteroatoms. The van der Waals surface area contributed by atoms with Crippen LogP contribution < -0.4 is 9.47 Å². The Morgan fingerprint density at radius 3 is 2.62 bits per heavy atom. The Morgan fingerprint density at radius 1 is 1.06 bits per heavy atom. The number of nitrogens with zero attached hydrogens (tertiary/aromatic N) is 2. The van der Waals surface area contributed by atoms with E-state index in [9.17, 15) is 9.90 Å². The Balaban J connectivity index is 1.32. The molecular formula is C28H24N2O4. The van der Waals surface area contributed by atoms with E-state index in [0.717, 1.165) is 29.4 Å². The van der Waals surface area contributed by atoms with Crippen LogP contribution in [0, 0.1) is 18.3 Å². The van der Waals surface area contributed by atoms with E-state index < -0.39 is 5.97 Å². The topological polar surface area (TPSA) is 84.5 Å². The third-order valence-electron chi connectivity index (χ3n) is 5.32. The molecule has 0 aliphatic rings. The lowest BCUT2D eigenvalue weighted by atomic mass is 10.2. The minimum atomic E-state index is -1.14. The SMILES string of the molecule is Cc1cccc(O/C(=C\c2ccc(OCCCn3ccc4cc(C#N)ccc43)cc2)C(=O)O)c1. The van der Waals surface area contributed by atoms with Crippen molar-refractivity contribution in [3.8, 4) is 17.6 Å². The van der Waals surface area contributed by atoms with Gasteiger partial charge in [0.25, 0.3) is 0 Å². The highest BCUT2D eigenvalue weighted by molar-refractivity contribution is 5.90. The molecule has 0 radical (unpaired) electrons. The van der Waals surface area contributed by atoms with Crippen molar-refractivity contribution in [1.82, 2.24) is 4.57 Å². The molecule has 4 rings (SSSR count). The Bertz CT molecular complexity index is 1380. The standard InChI is InChI=1S/C28H24N2O4/c1-20-4-2-5-25(16-20)34-27(28(31)32)18-21-6-9-24(10-7-21)33-15-3-13-30-14-12-23-17-22(19-29)8-11-26(23)30/h2,4-12,14,16-18H,3,13,15H2,1H3,(H,31,32)/b27-18-. The first-order chi connectivity index (χ1) is 16.5. The first-order valence-corrected chi connectivity index (χ1v) is 10.9. The number of carboxylic acid groups (broad SMARTS) is 1. The van der Waals surface area contributed by atoms with Crippen molar-refractivity contribution in [2.45, 2.75) is 19.9 Å². The van der Waals surface area contributed by atoms with Crippen molar-refractivity contribution in [3.05, 3.63) is 101 Å². The van der Waals surface area contributed by atoms with Crippen LogP contribution in [0.4, 0.5) is 0 Å². The molecule has 0 fully saturated rings. The Labute approximate surface area is 197 Å². The maximum atomic E-state index is 11.6. The van der Waals surface area contributed by atoms with E-state index in [-0.39, 0.29) is 5.76 Å². The highest BCUT2D eigenvalue weighted by atomic mass is 16.5. The molecule has 0 bridgehead atoms. The summed E-state index contributed by atoms with van der Waals surface area (Å²) in [5.74, 6) is -0.0949. The normalized spacial score (nSPS) is 11.2. The number of fused-ring (bicyclic) bond motifs is 1. The van der Waals surface area contributed by atoms with Crippen LogP contribution >= 0.6 is 0 Å². The molecule has 4 aromatic rings. The van der Waals surface area contributed by atoms with Gasteiger partial charge in [0.1, 0.15) is 11.5 Å². The summed E-state index contributed by atoms with van der Waals surface area (Å²) >= 11 is 0. The number of aliphatic carboxylic acids is 1. The first-order valence-electron chi connectivity index (χ1n) is 10.9. The van der Waals surface area contributed by atoms with Crippen LogP contribution in [-0.2, 0) is 11.3 Å². The highest BCUT2D eigenvalue weighted by Crippen LogP contribution is 2.20. The lowest BCUT2D eigenvalue weighted by Crippen LogP contribution is -2.07. The van der Waals surface area contributed by atoms with Crippen molar-refractivity contribution in [3.63, 3.8) is 0 Å². The predicted molar refractivity (Wildman–Crippen MR) is 131 cm³/mol. The maximum absolute atomic E-state index is 11.6. The molecule has 34 heavy (non-hydrogen) atoms. The number of hydrogen-bond donors (Lipinski definition) is 1. The molecule has 0 aliphatic heterocycles. The number of hydrogen-bond acceptors (Lipinski definition) is 4. The summed E-state index contributed by atoms with van der Waals surface area (Å²) in [5.41, 5.74) is 3.44. The summed E-state index contributed by atoms with van der Waals surface area (Å²) in [7, 11) is 0. The van der Waals surface area contributed by atoms with Gasteiger partial charge in [0.05, 0.1) is 18.2 Å². The fourth-order valence-electron chi connectivity index (χ4n) is 3.64. The van der Waals surface area contributed by atoms with Gasteiger partial charge in [0.15, 0.2) is 0 Å². The minimum absolute atomic E-state index is 0.153. The van der Waals surface area contributed by atoms with Gasteiger partial charge in [-0.25, -0.2) is 4.79 Å². The number of ether oxygens (including phenoxy) is 2. The fourth-order valence-corrected chi connectivity index (χ4v) is 3.64. The van der Waals surface area contributed by atoms with E-state index in [1.54, 1.807) is 24.3 Å². The second-order valence-corrected chi connectivity index (χ2v) is 7.90. The molecule has 170 valence electrons. The molecule has 3 aromatic carbocycles. The average molecular weight is 453 g/mol. The molecule has 1 N–H and O–H groups in total. The molecule has 0 amide bonds. The lowest BCUT2D eigenvalue weighted by molar-refractivity contribution is -0.134.